The first kappa shape index (κ1) is 26.3. The molecule has 9 nitrogen and oxygen atoms in total. The molecule has 1 aromatic heterocycles. The summed E-state index contributed by atoms with van der Waals surface area (Å²) in [7, 11) is 0. The molecule has 0 spiro atoms. The molecule has 3 aromatic carbocycles. The maximum absolute atomic E-state index is 12.9. The zero-order valence-corrected chi connectivity index (χ0v) is 20.9. The van der Waals surface area contributed by atoms with Crippen LogP contribution in [0.3, 0.4) is 0 Å². The Morgan fingerprint density at radius 2 is 1.53 bits per heavy atom. The van der Waals surface area contributed by atoms with E-state index in [4.69, 9.17) is 9.26 Å². The molecule has 0 fully saturated rings. The molecule has 9 heteroatoms. The van der Waals surface area contributed by atoms with Crippen LogP contribution in [0.15, 0.2) is 89.5 Å². The summed E-state index contributed by atoms with van der Waals surface area (Å²) >= 11 is 0. The molecule has 0 saturated carbocycles. The summed E-state index contributed by atoms with van der Waals surface area (Å²) in [6.07, 6.45) is 0.221. The SMILES string of the molecule is CCC[C@H](NC(=O)OCc1ccccc1)C(=O)c1noc(C(=O)NCc2ccc(-c3ccccc3)cc2)n1. The van der Waals surface area contributed by atoms with Crippen molar-refractivity contribution >= 4 is 17.8 Å². The fourth-order valence-corrected chi connectivity index (χ4v) is 3.74. The fourth-order valence-electron chi connectivity index (χ4n) is 3.74. The molecular formula is C29H28N4O5. The molecule has 4 aromatic rings. The van der Waals surface area contributed by atoms with Gasteiger partial charge in [0, 0.05) is 6.54 Å². The molecule has 0 saturated heterocycles. The predicted molar refractivity (Wildman–Crippen MR) is 140 cm³/mol. The smallest absolute Gasteiger partial charge is 0.408 e. The van der Waals surface area contributed by atoms with E-state index >= 15 is 0 Å². The molecule has 0 bridgehead atoms. The molecule has 0 aliphatic rings. The molecule has 38 heavy (non-hydrogen) atoms. The number of ether oxygens (including phenoxy) is 1. The van der Waals surface area contributed by atoms with Crippen LogP contribution in [0.1, 0.15) is 52.2 Å². The second-order valence-corrected chi connectivity index (χ2v) is 8.58. The van der Waals surface area contributed by atoms with Crippen molar-refractivity contribution in [2.75, 3.05) is 0 Å². The van der Waals surface area contributed by atoms with Crippen LogP contribution in [0.4, 0.5) is 4.79 Å². The number of aromatic nitrogens is 2. The van der Waals surface area contributed by atoms with Crippen molar-refractivity contribution in [1.29, 1.82) is 0 Å². The number of carbonyl (C=O) groups is 3. The van der Waals surface area contributed by atoms with E-state index in [1.54, 1.807) is 0 Å². The van der Waals surface area contributed by atoms with Gasteiger partial charge in [0.2, 0.25) is 11.6 Å². The van der Waals surface area contributed by atoms with E-state index in [2.05, 4.69) is 20.8 Å². The minimum Gasteiger partial charge on any atom is -0.445 e. The Morgan fingerprint density at radius 1 is 0.868 bits per heavy atom. The number of nitrogens with zero attached hydrogens (tertiary/aromatic N) is 2. The monoisotopic (exact) mass is 512 g/mol. The Hall–Kier alpha value is -4.79. The average molecular weight is 513 g/mol. The highest BCUT2D eigenvalue weighted by Gasteiger charge is 2.27. The molecule has 0 aliphatic carbocycles. The number of hydrogen-bond acceptors (Lipinski definition) is 7. The van der Waals surface area contributed by atoms with Crippen LogP contribution in [0, 0.1) is 0 Å². The van der Waals surface area contributed by atoms with E-state index in [-0.39, 0.29) is 24.9 Å². The molecule has 2 N–H and O–H groups in total. The summed E-state index contributed by atoms with van der Waals surface area (Å²) in [5.41, 5.74) is 3.88. The van der Waals surface area contributed by atoms with Crippen molar-refractivity contribution in [3.63, 3.8) is 0 Å². The minimum atomic E-state index is -0.917. The highest BCUT2D eigenvalue weighted by Crippen LogP contribution is 2.19. The topological polar surface area (TPSA) is 123 Å². The Morgan fingerprint density at radius 3 is 2.21 bits per heavy atom. The van der Waals surface area contributed by atoms with Crippen molar-refractivity contribution in [2.24, 2.45) is 0 Å². The van der Waals surface area contributed by atoms with Crippen LogP contribution < -0.4 is 10.6 Å². The Bertz CT molecular complexity index is 1350. The van der Waals surface area contributed by atoms with Gasteiger partial charge >= 0.3 is 17.9 Å². The van der Waals surface area contributed by atoms with Crippen LogP contribution in [0.5, 0.6) is 0 Å². The van der Waals surface area contributed by atoms with Gasteiger partial charge in [-0.1, -0.05) is 103 Å². The second-order valence-electron chi connectivity index (χ2n) is 8.58. The summed E-state index contributed by atoms with van der Waals surface area (Å²) in [5, 5.41) is 8.92. The summed E-state index contributed by atoms with van der Waals surface area (Å²) in [5.74, 6) is -1.80. The lowest BCUT2D eigenvalue weighted by Crippen LogP contribution is -2.41. The number of alkyl carbamates (subject to hydrolysis) is 1. The number of carbonyl (C=O) groups excluding carboxylic acids is 3. The molecule has 2 amide bonds. The highest BCUT2D eigenvalue weighted by molar-refractivity contribution is 5.99. The number of nitrogens with one attached hydrogen (secondary N) is 2. The van der Waals surface area contributed by atoms with Crippen molar-refractivity contribution in [3.05, 3.63) is 108 Å². The van der Waals surface area contributed by atoms with Gasteiger partial charge in [-0.15, -0.1) is 0 Å². The summed E-state index contributed by atoms with van der Waals surface area (Å²) < 4.78 is 10.2. The molecular weight excluding hydrogens is 484 g/mol. The van der Waals surface area contributed by atoms with Crippen LogP contribution in [0.25, 0.3) is 11.1 Å². The standard InChI is InChI=1S/C29H28N4O5/c1-2-9-24(31-29(36)37-19-21-10-5-3-6-11-21)25(34)26-32-28(38-33-26)27(35)30-18-20-14-16-23(17-15-20)22-12-7-4-8-13-22/h3-8,10-17,24H,2,9,18-19H2,1H3,(H,30,35)(H,31,36)/t24-/m0/s1. The summed E-state index contributed by atoms with van der Waals surface area (Å²) in [4.78, 5) is 41.7. The molecule has 1 heterocycles. The largest absolute Gasteiger partial charge is 0.445 e. The van der Waals surface area contributed by atoms with E-state index in [1.165, 1.54) is 0 Å². The molecule has 0 aliphatic heterocycles. The van der Waals surface area contributed by atoms with Crippen molar-refractivity contribution in [1.82, 2.24) is 20.8 Å². The van der Waals surface area contributed by atoms with Gasteiger partial charge < -0.3 is 19.9 Å². The second kappa shape index (κ2) is 13.0. The lowest BCUT2D eigenvalue weighted by atomic mass is 10.0. The maximum atomic E-state index is 12.9. The van der Waals surface area contributed by atoms with Gasteiger partial charge in [0.1, 0.15) is 6.61 Å². The highest BCUT2D eigenvalue weighted by atomic mass is 16.5. The zero-order chi connectivity index (χ0) is 26.7. The van der Waals surface area contributed by atoms with E-state index in [0.717, 1.165) is 22.3 Å². The van der Waals surface area contributed by atoms with E-state index in [0.29, 0.717) is 12.8 Å². The number of benzene rings is 3. The fraction of sp³-hybridized carbons (Fsp3) is 0.207. The number of ketones is 1. The van der Waals surface area contributed by atoms with Crippen LogP contribution in [0.2, 0.25) is 0 Å². The predicted octanol–water partition coefficient (Wildman–Crippen LogP) is 4.94. The van der Waals surface area contributed by atoms with E-state index in [1.807, 2.05) is 91.9 Å². The van der Waals surface area contributed by atoms with Crippen molar-refractivity contribution < 1.29 is 23.6 Å². The molecule has 0 radical (unpaired) electrons. The van der Waals surface area contributed by atoms with Gasteiger partial charge in [0.25, 0.3) is 0 Å². The van der Waals surface area contributed by atoms with Crippen LogP contribution in [-0.4, -0.2) is 34.0 Å². The lowest BCUT2D eigenvalue weighted by Gasteiger charge is -2.15. The third kappa shape index (κ3) is 7.13. The van der Waals surface area contributed by atoms with Crippen molar-refractivity contribution in [2.45, 2.75) is 39.0 Å². The summed E-state index contributed by atoms with van der Waals surface area (Å²) in [6, 6.07) is 26.0. The van der Waals surface area contributed by atoms with Crippen LogP contribution in [-0.2, 0) is 17.9 Å². The first-order valence-electron chi connectivity index (χ1n) is 12.3. The molecule has 4 rings (SSSR count). The minimum absolute atomic E-state index is 0.0707. The average Bonchev–Trinajstić information content (AvgIpc) is 3.46. The molecule has 194 valence electrons. The quantitative estimate of drug-likeness (QED) is 0.273. The third-order valence-electron chi connectivity index (χ3n) is 5.75. The first-order valence-corrected chi connectivity index (χ1v) is 12.3. The van der Waals surface area contributed by atoms with Crippen LogP contribution >= 0.6 is 0 Å². The maximum Gasteiger partial charge on any atom is 0.408 e. The Kier molecular flexibility index (Phi) is 8.96. The van der Waals surface area contributed by atoms with Gasteiger partial charge in [-0.3, -0.25) is 9.59 Å². The normalized spacial score (nSPS) is 11.4. The van der Waals surface area contributed by atoms with Gasteiger partial charge in [0.15, 0.2) is 0 Å². The van der Waals surface area contributed by atoms with Gasteiger partial charge in [0.05, 0.1) is 6.04 Å². The van der Waals surface area contributed by atoms with E-state index in [9.17, 15) is 14.4 Å². The number of amides is 2. The van der Waals surface area contributed by atoms with Gasteiger partial charge in [-0.05, 0) is 28.7 Å². The zero-order valence-electron chi connectivity index (χ0n) is 20.9. The van der Waals surface area contributed by atoms with Gasteiger partial charge in [-0.2, -0.15) is 4.98 Å². The van der Waals surface area contributed by atoms with Gasteiger partial charge in [-0.25, -0.2) is 4.79 Å². The van der Waals surface area contributed by atoms with E-state index < -0.39 is 23.8 Å². The number of hydrogen-bond donors (Lipinski definition) is 2. The first-order chi connectivity index (χ1) is 18.5. The summed E-state index contributed by atoms with van der Waals surface area (Å²) in [6.45, 7) is 2.19. The molecule has 0 unspecified atom stereocenters. The third-order valence-corrected chi connectivity index (χ3v) is 5.75. The lowest BCUT2D eigenvalue weighted by molar-refractivity contribution is 0.0892. The number of rotatable bonds is 11. The Balaban J connectivity index is 1.31. The van der Waals surface area contributed by atoms with Crippen molar-refractivity contribution in [3.8, 4) is 11.1 Å². The Labute approximate surface area is 220 Å². The molecule has 1 atom stereocenters. The number of Topliss-reactive ketones (excluding diaryl/α,β-unsaturated/α-hetero) is 1.